The van der Waals surface area contributed by atoms with Crippen molar-refractivity contribution in [2.24, 2.45) is 10.1 Å². The Morgan fingerprint density at radius 3 is 2.16 bits per heavy atom. The third-order valence-electron chi connectivity index (χ3n) is 5.45. The Balaban J connectivity index is 1.73. The van der Waals surface area contributed by atoms with E-state index in [1.54, 1.807) is 13.3 Å². The number of oxime groups is 1. The van der Waals surface area contributed by atoms with Crippen LogP contribution in [-0.4, -0.2) is 38.2 Å². The van der Waals surface area contributed by atoms with Crippen molar-refractivity contribution in [2.45, 2.75) is 27.2 Å². The molecule has 160 valence electrons. The molecule has 0 amide bonds. The SMILES string of the molecule is CCN(C)C=Nc1cc(C)c(Cc2ccc(-c3ccc(/C=N/OC)cc3)cc2)cc1C. The molecule has 3 aromatic rings. The first-order valence-electron chi connectivity index (χ1n) is 10.6. The maximum Gasteiger partial charge on any atom is 0.106 e. The average molecular weight is 414 g/mol. The number of aliphatic imine (C=N–C) groups is 1. The van der Waals surface area contributed by atoms with Crippen molar-refractivity contribution in [1.82, 2.24) is 4.90 Å². The molecule has 0 saturated heterocycles. The van der Waals surface area contributed by atoms with Gasteiger partial charge in [-0.05, 0) is 72.2 Å². The lowest BCUT2D eigenvalue weighted by Crippen LogP contribution is -2.14. The van der Waals surface area contributed by atoms with Crippen LogP contribution >= 0.6 is 0 Å². The van der Waals surface area contributed by atoms with Crippen molar-refractivity contribution in [2.75, 3.05) is 20.7 Å². The minimum absolute atomic E-state index is 0.915. The van der Waals surface area contributed by atoms with Crippen molar-refractivity contribution in [1.29, 1.82) is 0 Å². The average Bonchev–Trinajstić information content (AvgIpc) is 2.79. The summed E-state index contributed by atoms with van der Waals surface area (Å²) >= 11 is 0. The normalized spacial score (nSPS) is 11.4. The lowest BCUT2D eigenvalue weighted by Gasteiger charge is -2.12. The molecule has 0 bridgehead atoms. The Morgan fingerprint density at radius 2 is 1.55 bits per heavy atom. The number of rotatable bonds is 8. The fourth-order valence-corrected chi connectivity index (χ4v) is 3.34. The zero-order valence-electron chi connectivity index (χ0n) is 19.1. The van der Waals surface area contributed by atoms with Gasteiger partial charge in [0.2, 0.25) is 0 Å². The molecular formula is C27H31N3O. The maximum absolute atomic E-state index is 4.73. The summed E-state index contributed by atoms with van der Waals surface area (Å²) in [4.78, 5) is 11.4. The Bertz CT molecular complexity index is 1050. The molecule has 0 aliphatic heterocycles. The van der Waals surface area contributed by atoms with E-state index < -0.39 is 0 Å². The topological polar surface area (TPSA) is 37.2 Å². The highest BCUT2D eigenvalue weighted by molar-refractivity contribution is 5.80. The van der Waals surface area contributed by atoms with Crippen LogP contribution in [0.25, 0.3) is 11.1 Å². The molecule has 0 unspecified atom stereocenters. The molecule has 0 aromatic heterocycles. The van der Waals surface area contributed by atoms with Gasteiger partial charge in [-0.15, -0.1) is 0 Å². The molecule has 0 saturated carbocycles. The molecule has 31 heavy (non-hydrogen) atoms. The summed E-state index contributed by atoms with van der Waals surface area (Å²) < 4.78 is 0. The van der Waals surface area contributed by atoms with Crippen LogP contribution in [-0.2, 0) is 11.3 Å². The molecule has 0 aliphatic rings. The Hall–Kier alpha value is -3.40. The molecular weight excluding hydrogens is 382 g/mol. The first kappa shape index (κ1) is 22.3. The molecule has 3 rings (SSSR count). The largest absolute Gasteiger partial charge is 0.399 e. The van der Waals surface area contributed by atoms with Gasteiger partial charge in [-0.25, -0.2) is 4.99 Å². The van der Waals surface area contributed by atoms with Crippen LogP contribution in [0.1, 0.15) is 34.7 Å². The van der Waals surface area contributed by atoms with Crippen molar-refractivity contribution < 1.29 is 4.84 Å². The summed E-state index contributed by atoms with van der Waals surface area (Å²) in [6.45, 7) is 7.36. The van der Waals surface area contributed by atoms with Crippen molar-refractivity contribution >= 4 is 18.2 Å². The lowest BCUT2D eigenvalue weighted by molar-refractivity contribution is 0.215. The number of hydrogen-bond donors (Lipinski definition) is 0. The minimum Gasteiger partial charge on any atom is -0.399 e. The third-order valence-corrected chi connectivity index (χ3v) is 5.45. The number of benzene rings is 3. The van der Waals surface area contributed by atoms with Crippen LogP contribution in [0.3, 0.4) is 0 Å². The van der Waals surface area contributed by atoms with E-state index in [4.69, 9.17) is 4.84 Å². The predicted octanol–water partition coefficient (Wildman–Crippen LogP) is 6.15. The second-order valence-electron chi connectivity index (χ2n) is 7.80. The second kappa shape index (κ2) is 10.6. The van der Waals surface area contributed by atoms with Crippen molar-refractivity contribution in [3.05, 3.63) is 88.5 Å². The highest BCUT2D eigenvalue weighted by Gasteiger charge is 2.06. The molecule has 4 heteroatoms. The van der Waals surface area contributed by atoms with Gasteiger partial charge in [-0.2, -0.15) is 0 Å². The Morgan fingerprint density at radius 1 is 0.903 bits per heavy atom. The zero-order valence-corrected chi connectivity index (χ0v) is 19.1. The molecule has 0 radical (unpaired) electrons. The fourth-order valence-electron chi connectivity index (χ4n) is 3.34. The van der Waals surface area contributed by atoms with E-state index in [0.717, 1.165) is 24.2 Å². The summed E-state index contributed by atoms with van der Waals surface area (Å²) in [7, 11) is 3.58. The van der Waals surface area contributed by atoms with Crippen molar-refractivity contribution in [3.63, 3.8) is 0 Å². The van der Waals surface area contributed by atoms with Crippen LogP contribution in [0.4, 0.5) is 5.69 Å². The van der Waals surface area contributed by atoms with E-state index in [2.05, 4.69) is 84.4 Å². The second-order valence-corrected chi connectivity index (χ2v) is 7.80. The molecule has 3 aromatic carbocycles. The molecule has 4 nitrogen and oxygen atoms in total. The van der Waals surface area contributed by atoms with E-state index in [1.165, 1.54) is 33.4 Å². The van der Waals surface area contributed by atoms with Crippen LogP contribution in [0, 0.1) is 13.8 Å². The van der Waals surface area contributed by atoms with Gasteiger partial charge in [0.05, 0.1) is 18.2 Å². The smallest absolute Gasteiger partial charge is 0.106 e. The monoisotopic (exact) mass is 413 g/mol. The van der Waals surface area contributed by atoms with E-state index in [9.17, 15) is 0 Å². The van der Waals surface area contributed by atoms with Gasteiger partial charge in [0, 0.05) is 13.6 Å². The number of nitrogens with zero attached hydrogens (tertiary/aromatic N) is 3. The van der Waals surface area contributed by atoms with Gasteiger partial charge >= 0.3 is 0 Å². The summed E-state index contributed by atoms with van der Waals surface area (Å²) in [5, 5.41) is 3.80. The summed E-state index contributed by atoms with van der Waals surface area (Å²) in [5.41, 5.74) is 9.57. The van der Waals surface area contributed by atoms with E-state index >= 15 is 0 Å². The first-order chi connectivity index (χ1) is 15.0. The van der Waals surface area contributed by atoms with Gasteiger partial charge in [-0.1, -0.05) is 59.8 Å². The first-order valence-corrected chi connectivity index (χ1v) is 10.6. The van der Waals surface area contributed by atoms with Gasteiger partial charge in [0.1, 0.15) is 7.11 Å². The van der Waals surface area contributed by atoms with Crippen molar-refractivity contribution in [3.8, 4) is 11.1 Å². The van der Waals surface area contributed by atoms with Crippen LogP contribution in [0.5, 0.6) is 0 Å². The van der Waals surface area contributed by atoms with E-state index in [1.807, 2.05) is 25.5 Å². The summed E-state index contributed by atoms with van der Waals surface area (Å²) in [5.74, 6) is 0. The Labute approximate surface area is 185 Å². The van der Waals surface area contributed by atoms with Gasteiger partial charge in [0.25, 0.3) is 0 Å². The molecule has 0 atom stereocenters. The zero-order chi connectivity index (χ0) is 22.2. The molecule has 0 fully saturated rings. The summed E-state index contributed by atoms with van der Waals surface area (Å²) in [6, 6.07) is 21.6. The van der Waals surface area contributed by atoms with E-state index in [-0.39, 0.29) is 0 Å². The van der Waals surface area contributed by atoms with Gasteiger partial charge in [0.15, 0.2) is 0 Å². The molecule has 0 N–H and O–H groups in total. The highest BCUT2D eigenvalue weighted by Crippen LogP contribution is 2.26. The lowest BCUT2D eigenvalue weighted by atomic mass is 9.96. The van der Waals surface area contributed by atoms with Gasteiger partial charge in [-0.3, -0.25) is 0 Å². The minimum atomic E-state index is 0.915. The maximum atomic E-state index is 4.73. The van der Waals surface area contributed by atoms with Gasteiger partial charge < -0.3 is 9.74 Å². The highest BCUT2D eigenvalue weighted by atomic mass is 16.6. The Kier molecular flexibility index (Phi) is 7.60. The molecule has 0 spiro atoms. The summed E-state index contributed by atoms with van der Waals surface area (Å²) in [6.07, 6.45) is 4.52. The van der Waals surface area contributed by atoms with E-state index in [0.29, 0.717) is 0 Å². The van der Waals surface area contributed by atoms with Crippen LogP contribution in [0.15, 0.2) is 70.8 Å². The number of aryl methyl sites for hydroxylation is 2. The fraction of sp³-hybridized carbons (Fsp3) is 0.259. The predicted molar refractivity (Wildman–Crippen MR) is 132 cm³/mol. The quantitative estimate of drug-likeness (QED) is 0.252. The standard InChI is InChI=1S/C27H31N3O/c1-6-30(4)19-28-27-16-20(2)26(15-21(27)3)17-22-7-11-24(12-8-22)25-13-9-23(10-14-25)18-29-31-5/h7-16,18-19H,6,17H2,1-5H3/b28-19?,29-18+. The third kappa shape index (κ3) is 6.05. The number of hydrogen-bond acceptors (Lipinski definition) is 3. The van der Waals surface area contributed by atoms with Crippen LogP contribution in [0.2, 0.25) is 0 Å². The molecule has 0 heterocycles. The molecule has 0 aliphatic carbocycles. The van der Waals surface area contributed by atoms with Crippen LogP contribution < -0.4 is 0 Å².